The Morgan fingerprint density at radius 1 is 1.00 bits per heavy atom. The molecule has 0 bridgehead atoms. The molecule has 2 aromatic rings. The van der Waals surface area contributed by atoms with Gasteiger partial charge in [0.2, 0.25) is 6.79 Å². The van der Waals surface area contributed by atoms with E-state index in [9.17, 15) is 9.90 Å². The van der Waals surface area contributed by atoms with E-state index in [1.165, 1.54) is 12.5 Å². The third-order valence-electron chi connectivity index (χ3n) is 5.48. The Labute approximate surface area is 201 Å². The molecule has 2 heterocycles. The molecule has 2 aliphatic heterocycles. The van der Waals surface area contributed by atoms with Gasteiger partial charge in [-0.15, -0.1) is 24.8 Å². The van der Waals surface area contributed by atoms with Gasteiger partial charge in [0.25, 0.3) is 0 Å². The smallest absolute Gasteiger partial charge is 0.231 e. The van der Waals surface area contributed by atoms with Crippen molar-refractivity contribution in [1.82, 2.24) is 9.80 Å². The summed E-state index contributed by atoms with van der Waals surface area (Å²) >= 11 is 0. The first-order valence-electron chi connectivity index (χ1n) is 10.3. The molecule has 176 valence electrons. The molecule has 0 aliphatic carbocycles. The summed E-state index contributed by atoms with van der Waals surface area (Å²) in [6.45, 7) is 7.27. The van der Waals surface area contributed by atoms with E-state index in [4.69, 9.17) is 14.2 Å². The number of ether oxygens (including phenoxy) is 3. The fourth-order valence-corrected chi connectivity index (χ4v) is 3.76. The van der Waals surface area contributed by atoms with Gasteiger partial charge < -0.3 is 19.3 Å². The minimum atomic E-state index is -0.558. The van der Waals surface area contributed by atoms with E-state index >= 15 is 0 Å². The van der Waals surface area contributed by atoms with Crippen molar-refractivity contribution in [2.24, 2.45) is 0 Å². The number of fused-ring (bicyclic) bond motifs is 1. The Kier molecular flexibility index (Phi) is 10.1. The van der Waals surface area contributed by atoms with Crippen LogP contribution in [0.4, 0.5) is 0 Å². The maximum Gasteiger partial charge on any atom is 0.231 e. The Balaban J connectivity index is 0.00000181. The van der Waals surface area contributed by atoms with E-state index in [1.54, 1.807) is 24.3 Å². The lowest BCUT2D eigenvalue weighted by Gasteiger charge is -2.35. The highest BCUT2D eigenvalue weighted by atomic mass is 35.5. The van der Waals surface area contributed by atoms with Gasteiger partial charge in [0.05, 0.1) is 0 Å². The average molecular weight is 485 g/mol. The summed E-state index contributed by atoms with van der Waals surface area (Å²) < 4.78 is 16.5. The van der Waals surface area contributed by atoms with Gasteiger partial charge in [0.1, 0.15) is 18.5 Å². The standard InChI is InChI=1S/C23H28N2O5.2ClH/c1-17(26)19-3-5-21(6-4-19)28-15-20(27)14-25-10-8-24(9-11-25)13-18-2-7-22-23(12-18)30-16-29-22;;/h2-7,12,20,27H,8-11,13-16H2,1H3;2*1H. The van der Waals surface area contributed by atoms with Crippen molar-refractivity contribution in [3.63, 3.8) is 0 Å². The summed E-state index contributed by atoms with van der Waals surface area (Å²) in [6, 6.07) is 13.1. The molecule has 4 rings (SSSR count). The molecular formula is C23H30Cl2N2O5. The first-order valence-corrected chi connectivity index (χ1v) is 10.3. The van der Waals surface area contributed by atoms with Crippen LogP contribution in [0.1, 0.15) is 22.8 Å². The lowest BCUT2D eigenvalue weighted by Crippen LogP contribution is -2.48. The molecule has 1 saturated heterocycles. The number of nitrogens with zero attached hydrogens (tertiary/aromatic N) is 2. The van der Waals surface area contributed by atoms with Gasteiger partial charge >= 0.3 is 0 Å². The molecule has 32 heavy (non-hydrogen) atoms. The Hall–Kier alpha value is -2.03. The first kappa shape index (κ1) is 26.2. The molecule has 2 aromatic carbocycles. The van der Waals surface area contributed by atoms with Crippen LogP contribution in [0.15, 0.2) is 42.5 Å². The normalized spacial score (nSPS) is 16.6. The number of β-amino-alcohol motifs (C(OH)–C–C–N with tert-alkyl or cyclic N) is 1. The van der Waals surface area contributed by atoms with Gasteiger partial charge in [-0.2, -0.15) is 0 Å². The van der Waals surface area contributed by atoms with Crippen LogP contribution in [-0.2, 0) is 6.54 Å². The molecule has 0 radical (unpaired) electrons. The van der Waals surface area contributed by atoms with Crippen molar-refractivity contribution in [2.75, 3.05) is 46.1 Å². The second-order valence-corrected chi connectivity index (χ2v) is 7.81. The quantitative estimate of drug-likeness (QED) is 0.577. The topological polar surface area (TPSA) is 71.5 Å². The number of rotatable bonds is 8. The van der Waals surface area contributed by atoms with Crippen molar-refractivity contribution in [3.8, 4) is 17.2 Å². The van der Waals surface area contributed by atoms with Gasteiger partial charge in [-0.3, -0.25) is 14.6 Å². The second kappa shape index (κ2) is 12.3. The van der Waals surface area contributed by atoms with Gasteiger partial charge in [-0.05, 0) is 48.9 Å². The summed E-state index contributed by atoms with van der Waals surface area (Å²) in [7, 11) is 0. The van der Waals surface area contributed by atoms with Gasteiger partial charge in [0.15, 0.2) is 17.3 Å². The molecule has 9 heteroatoms. The van der Waals surface area contributed by atoms with E-state index in [-0.39, 0.29) is 37.2 Å². The number of carbonyl (C=O) groups is 1. The summed E-state index contributed by atoms with van der Waals surface area (Å²) in [6.07, 6.45) is -0.558. The molecule has 0 spiro atoms. The third kappa shape index (κ3) is 6.98. The highest BCUT2D eigenvalue weighted by Gasteiger charge is 2.21. The number of hydrogen-bond donors (Lipinski definition) is 1. The molecule has 0 amide bonds. The fraction of sp³-hybridized carbons (Fsp3) is 0.435. The van der Waals surface area contributed by atoms with Crippen LogP contribution in [0, 0.1) is 0 Å². The van der Waals surface area contributed by atoms with Crippen molar-refractivity contribution in [3.05, 3.63) is 53.6 Å². The number of hydrogen-bond acceptors (Lipinski definition) is 7. The molecule has 0 aromatic heterocycles. The number of benzene rings is 2. The molecule has 1 unspecified atom stereocenters. The molecule has 1 atom stereocenters. The average Bonchev–Trinajstić information content (AvgIpc) is 3.22. The van der Waals surface area contributed by atoms with Crippen LogP contribution in [0.3, 0.4) is 0 Å². The summed E-state index contributed by atoms with van der Waals surface area (Å²) in [4.78, 5) is 16.0. The number of aliphatic hydroxyl groups excluding tert-OH is 1. The molecular weight excluding hydrogens is 455 g/mol. The SMILES string of the molecule is CC(=O)c1ccc(OCC(O)CN2CCN(Cc3ccc4c(c3)OCO4)CC2)cc1.Cl.Cl. The summed E-state index contributed by atoms with van der Waals surface area (Å²) in [5.41, 5.74) is 1.87. The molecule has 0 saturated carbocycles. The zero-order valence-electron chi connectivity index (χ0n) is 18.1. The highest BCUT2D eigenvalue weighted by Crippen LogP contribution is 2.32. The second-order valence-electron chi connectivity index (χ2n) is 7.81. The fourth-order valence-electron chi connectivity index (χ4n) is 3.76. The predicted molar refractivity (Wildman–Crippen MR) is 127 cm³/mol. The summed E-state index contributed by atoms with van der Waals surface area (Å²) in [5.74, 6) is 2.33. The molecule has 7 nitrogen and oxygen atoms in total. The summed E-state index contributed by atoms with van der Waals surface area (Å²) in [5, 5.41) is 10.3. The number of ketones is 1. The van der Waals surface area contributed by atoms with E-state index in [1.807, 2.05) is 6.07 Å². The molecule has 1 fully saturated rings. The number of halogens is 2. The zero-order chi connectivity index (χ0) is 20.9. The van der Waals surface area contributed by atoms with Gasteiger partial charge in [-0.1, -0.05) is 6.07 Å². The largest absolute Gasteiger partial charge is 0.491 e. The Morgan fingerprint density at radius 3 is 2.34 bits per heavy atom. The van der Waals surface area contributed by atoms with E-state index in [0.29, 0.717) is 24.7 Å². The van der Waals surface area contributed by atoms with Crippen LogP contribution >= 0.6 is 24.8 Å². The van der Waals surface area contributed by atoms with Gasteiger partial charge in [-0.25, -0.2) is 0 Å². The Bertz CT molecular complexity index is 873. The van der Waals surface area contributed by atoms with Crippen molar-refractivity contribution < 1.29 is 24.1 Å². The van der Waals surface area contributed by atoms with Crippen molar-refractivity contribution >= 4 is 30.6 Å². The monoisotopic (exact) mass is 484 g/mol. The van der Waals surface area contributed by atoms with Crippen LogP contribution in [0.2, 0.25) is 0 Å². The van der Waals surface area contributed by atoms with Crippen LogP contribution in [0.5, 0.6) is 17.2 Å². The van der Waals surface area contributed by atoms with Crippen LogP contribution < -0.4 is 14.2 Å². The minimum Gasteiger partial charge on any atom is -0.491 e. The molecule has 1 N–H and O–H groups in total. The number of piperazine rings is 1. The molecule has 2 aliphatic rings. The first-order chi connectivity index (χ1) is 14.6. The minimum absolute atomic E-state index is 0. The van der Waals surface area contributed by atoms with E-state index < -0.39 is 6.10 Å². The maximum absolute atomic E-state index is 11.3. The van der Waals surface area contributed by atoms with Crippen molar-refractivity contribution in [2.45, 2.75) is 19.6 Å². The number of carbonyl (C=O) groups excluding carboxylic acids is 1. The lowest BCUT2D eigenvalue weighted by molar-refractivity contribution is 0.0446. The lowest BCUT2D eigenvalue weighted by atomic mass is 10.1. The number of Topliss-reactive ketones (excluding diaryl/α,β-unsaturated/α-hetero) is 1. The number of aliphatic hydroxyl groups is 1. The van der Waals surface area contributed by atoms with E-state index in [2.05, 4.69) is 21.9 Å². The highest BCUT2D eigenvalue weighted by molar-refractivity contribution is 5.94. The predicted octanol–water partition coefficient (Wildman–Crippen LogP) is 3.02. The van der Waals surface area contributed by atoms with Crippen LogP contribution in [-0.4, -0.2) is 72.9 Å². The third-order valence-corrected chi connectivity index (χ3v) is 5.48. The Morgan fingerprint density at radius 2 is 1.66 bits per heavy atom. The van der Waals surface area contributed by atoms with Crippen molar-refractivity contribution in [1.29, 1.82) is 0 Å². The maximum atomic E-state index is 11.3. The zero-order valence-corrected chi connectivity index (χ0v) is 19.7. The van der Waals surface area contributed by atoms with E-state index in [0.717, 1.165) is 44.2 Å². The van der Waals surface area contributed by atoms with Gasteiger partial charge in [0, 0.05) is 44.8 Å². The van der Waals surface area contributed by atoms with Crippen LogP contribution in [0.25, 0.3) is 0 Å².